The Bertz CT molecular complexity index is 738. The molecule has 2 aromatic carbocycles. The average molecular weight is 295 g/mol. The summed E-state index contributed by atoms with van der Waals surface area (Å²) in [5, 5.41) is 0. The average Bonchev–Trinajstić information content (AvgIpc) is 2.57. The molecule has 0 bridgehead atoms. The molecule has 0 fully saturated rings. The number of likely N-dealkylation sites (N-methyl/N-ethyl adjacent to an activating group) is 1. The van der Waals surface area contributed by atoms with Crippen LogP contribution in [0.3, 0.4) is 0 Å². The highest BCUT2D eigenvalue weighted by Crippen LogP contribution is 2.47. The fourth-order valence-electron chi connectivity index (χ4n) is 3.88. The van der Waals surface area contributed by atoms with E-state index in [1.165, 1.54) is 27.8 Å². The zero-order valence-electron chi connectivity index (χ0n) is 13.3. The van der Waals surface area contributed by atoms with Crippen LogP contribution < -0.4 is 9.47 Å². The third-order valence-corrected chi connectivity index (χ3v) is 5.09. The van der Waals surface area contributed by atoms with Gasteiger partial charge in [-0.1, -0.05) is 6.07 Å². The Morgan fingerprint density at radius 3 is 2.50 bits per heavy atom. The summed E-state index contributed by atoms with van der Waals surface area (Å²) < 4.78 is 11.0. The molecule has 0 saturated heterocycles. The van der Waals surface area contributed by atoms with Gasteiger partial charge < -0.3 is 9.47 Å². The van der Waals surface area contributed by atoms with E-state index in [0.29, 0.717) is 6.04 Å². The second-order valence-electron chi connectivity index (χ2n) is 6.22. The first kappa shape index (κ1) is 13.6. The molecule has 0 radical (unpaired) electrons. The maximum atomic E-state index is 5.54. The maximum Gasteiger partial charge on any atom is 0.119 e. The molecule has 1 aliphatic heterocycles. The molecule has 0 unspecified atom stereocenters. The summed E-state index contributed by atoms with van der Waals surface area (Å²) in [6.07, 6.45) is 2.16. The van der Waals surface area contributed by atoms with E-state index in [-0.39, 0.29) is 0 Å². The van der Waals surface area contributed by atoms with Gasteiger partial charge in [-0.25, -0.2) is 0 Å². The van der Waals surface area contributed by atoms with Crippen LogP contribution in [0.5, 0.6) is 11.5 Å². The molecule has 0 saturated carbocycles. The quantitative estimate of drug-likeness (QED) is 0.847. The summed E-state index contributed by atoms with van der Waals surface area (Å²) in [5.41, 5.74) is 6.92. The minimum absolute atomic E-state index is 0.477. The van der Waals surface area contributed by atoms with Gasteiger partial charge in [0, 0.05) is 12.6 Å². The van der Waals surface area contributed by atoms with Gasteiger partial charge in [0.05, 0.1) is 14.2 Å². The molecule has 0 aromatic heterocycles. The van der Waals surface area contributed by atoms with Crippen LogP contribution in [-0.4, -0.2) is 32.7 Å². The summed E-state index contributed by atoms with van der Waals surface area (Å²) in [6.45, 7) is 1.11. The van der Waals surface area contributed by atoms with Gasteiger partial charge in [0.1, 0.15) is 11.5 Å². The fourth-order valence-corrected chi connectivity index (χ4v) is 3.88. The lowest BCUT2D eigenvalue weighted by Crippen LogP contribution is -2.35. The van der Waals surface area contributed by atoms with Crippen molar-refractivity contribution in [2.45, 2.75) is 18.9 Å². The summed E-state index contributed by atoms with van der Waals surface area (Å²) in [5.74, 6) is 1.87. The molecule has 2 aromatic rings. The zero-order chi connectivity index (χ0) is 15.3. The highest BCUT2D eigenvalue weighted by atomic mass is 16.5. The largest absolute Gasteiger partial charge is 0.497 e. The molecule has 114 valence electrons. The number of fused-ring (bicyclic) bond motifs is 2. The molecular formula is C19H21NO2. The minimum Gasteiger partial charge on any atom is -0.497 e. The van der Waals surface area contributed by atoms with Gasteiger partial charge in [0.25, 0.3) is 0 Å². The topological polar surface area (TPSA) is 21.7 Å². The van der Waals surface area contributed by atoms with Crippen molar-refractivity contribution in [3.63, 3.8) is 0 Å². The number of rotatable bonds is 2. The Morgan fingerprint density at radius 2 is 1.73 bits per heavy atom. The third kappa shape index (κ3) is 1.92. The van der Waals surface area contributed by atoms with Gasteiger partial charge in [0.2, 0.25) is 0 Å². The molecule has 1 atom stereocenters. The highest BCUT2D eigenvalue weighted by Gasteiger charge is 2.33. The van der Waals surface area contributed by atoms with E-state index < -0.39 is 0 Å². The van der Waals surface area contributed by atoms with E-state index in [1.807, 2.05) is 0 Å². The summed E-state index contributed by atoms with van der Waals surface area (Å²) in [7, 11) is 5.70. The Labute approximate surface area is 131 Å². The molecule has 4 rings (SSSR count). The molecule has 2 aliphatic rings. The van der Waals surface area contributed by atoms with E-state index in [4.69, 9.17) is 9.47 Å². The lowest BCUT2D eigenvalue weighted by atomic mass is 9.77. The van der Waals surface area contributed by atoms with Crippen LogP contribution in [0.4, 0.5) is 0 Å². The molecule has 22 heavy (non-hydrogen) atoms. The molecule has 0 amide bonds. The third-order valence-electron chi connectivity index (χ3n) is 5.09. The number of hydrogen-bond donors (Lipinski definition) is 0. The number of hydrogen-bond acceptors (Lipinski definition) is 3. The smallest absolute Gasteiger partial charge is 0.119 e. The van der Waals surface area contributed by atoms with E-state index >= 15 is 0 Å². The fraction of sp³-hybridized carbons (Fsp3) is 0.368. The van der Waals surface area contributed by atoms with Crippen molar-refractivity contribution in [3.05, 3.63) is 47.0 Å². The first-order valence-corrected chi connectivity index (χ1v) is 7.79. The SMILES string of the molecule is COc1ccc2c(c1)-c1cc(OC)cc3c1[C@@H](C2)N(C)CC3. The van der Waals surface area contributed by atoms with Gasteiger partial charge >= 0.3 is 0 Å². The lowest BCUT2D eigenvalue weighted by molar-refractivity contribution is 0.228. The van der Waals surface area contributed by atoms with Crippen LogP contribution in [-0.2, 0) is 12.8 Å². The molecular weight excluding hydrogens is 274 g/mol. The standard InChI is InChI=1S/C19H21NO2/c1-20-7-6-13-8-15(22-3)11-17-16-10-14(21-2)5-4-12(16)9-18(20)19(13)17/h4-5,8,10-11,18H,6-7,9H2,1-3H3/t18-/m1/s1. The van der Waals surface area contributed by atoms with Crippen molar-refractivity contribution < 1.29 is 9.47 Å². The summed E-state index contributed by atoms with van der Waals surface area (Å²) in [6, 6.07) is 11.3. The molecule has 1 aliphatic carbocycles. The number of methoxy groups -OCH3 is 2. The monoisotopic (exact) mass is 295 g/mol. The molecule has 1 heterocycles. The van der Waals surface area contributed by atoms with Gasteiger partial charge in [-0.3, -0.25) is 4.90 Å². The summed E-state index contributed by atoms with van der Waals surface area (Å²) in [4.78, 5) is 2.48. The van der Waals surface area contributed by atoms with Crippen molar-refractivity contribution >= 4 is 0 Å². The van der Waals surface area contributed by atoms with Crippen LogP contribution in [0.1, 0.15) is 22.7 Å². The Kier molecular flexibility index (Phi) is 3.12. The Balaban J connectivity index is 1.99. The van der Waals surface area contributed by atoms with Crippen molar-refractivity contribution in [2.24, 2.45) is 0 Å². The predicted molar refractivity (Wildman–Crippen MR) is 87.8 cm³/mol. The molecule has 0 N–H and O–H groups in total. The van der Waals surface area contributed by atoms with Crippen LogP contribution in [0, 0.1) is 0 Å². The Morgan fingerprint density at radius 1 is 0.955 bits per heavy atom. The second kappa shape index (κ2) is 5.03. The van der Waals surface area contributed by atoms with Gasteiger partial charge in [-0.2, -0.15) is 0 Å². The van der Waals surface area contributed by atoms with Gasteiger partial charge in [-0.05, 0) is 72.0 Å². The van der Waals surface area contributed by atoms with Crippen LogP contribution in [0.2, 0.25) is 0 Å². The molecule has 3 nitrogen and oxygen atoms in total. The van der Waals surface area contributed by atoms with Crippen molar-refractivity contribution in [1.29, 1.82) is 0 Å². The lowest BCUT2D eigenvalue weighted by Gasteiger charge is -2.40. The van der Waals surface area contributed by atoms with E-state index in [2.05, 4.69) is 42.3 Å². The minimum atomic E-state index is 0.477. The maximum absolute atomic E-state index is 5.54. The first-order chi connectivity index (χ1) is 10.7. The van der Waals surface area contributed by atoms with Crippen LogP contribution in [0.15, 0.2) is 30.3 Å². The van der Waals surface area contributed by atoms with Crippen LogP contribution in [0.25, 0.3) is 11.1 Å². The normalized spacial score (nSPS) is 19.3. The number of benzene rings is 2. The summed E-state index contributed by atoms with van der Waals surface area (Å²) >= 11 is 0. The van der Waals surface area contributed by atoms with Crippen LogP contribution >= 0.6 is 0 Å². The van der Waals surface area contributed by atoms with E-state index in [1.54, 1.807) is 14.2 Å². The van der Waals surface area contributed by atoms with E-state index in [9.17, 15) is 0 Å². The number of ether oxygens (including phenoxy) is 2. The zero-order valence-corrected chi connectivity index (χ0v) is 13.3. The predicted octanol–water partition coefficient (Wildman–Crippen LogP) is 3.46. The number of nitrogens with zero attached hydrogens (tertiary/aromatic N) is 1. The van der Waals surface area contributed by atoms with Crippen molar-refractivity contribution in [2.75, 3.05) is 27.8 Å². The molecule has 3 heteroatoms. The first-order valence-electron chi connectivity index (χ1n) is 7.79. The molecule has 0 spiro atoms. The second-order valence-corrected chi connectivity index (χ2v) is 6.22. The van der Waals surface area contributed by atoms with Gasteiger partial charge in [-0.15, -0.1) is 0 Å². The van der Waals surface area contributed by atoms with Gasteiger partial charge in [0.15, 0.2) is 0 Å². The van der Waals surface area contributed by atoms with Crippen molar-refractivity contribution in [1.82, 2.24) is 4.90 Å². The highest BCUT2D eigenvalue weighted by molar-refractivity contribution is 5.78. The Hall–Kier alpha value is -2.00. The van der Waals surface area contributed by atoms with Crippen molar-refractivity contribution in [3.8, 4) is 22.6 Å². The van der Waals surface area contributed by atoms with E-state index in [0.717, 1.165) is 30.9 Å².